The molecule has 0 aliphatic rings. The molecule has 198 valence electrons. The molecule has 0 spiro atoms. The highest BCUT2D eigenvalue weighted by Gasteiger charge is 2.30. The van der Waals surface area contributed by atoms with Crippen LogP contribution in [0.5, 0.6) is 5.75 Å². The fourth-order valence-corrected chi connectivity index (χ4v) is 3.37. The van der Waals surface area contributed by atoms with Crippen LogP contribution in [0.15, 0.2) is 54.6 Å². The zero-order chi connectivity index (χ0) is 27.5. The van der Waals surface area contributed by atoms with Crippen molar-refractivity contribution in [1.82, 2.24) is 16.0 Å². The van der Waals surface area contributed by atoms with Gasteiger partial charge in [-0.1, -0.05) is 42.5 Å². The average Bonchev–Trinajstić information content (AvgIpc) is 2.84. The van der Waals surface area contributed by atoms with E-state index in [2.05, 4.69) is 16.0 Å². The van der Waals surface area contributed by atoms with E-state index < -0.39 is 60.2 Å². The maximum atomic E-state index is 12.7. The van der Waals surface area contributed by atoms with Gasteiger partial charge in [0.2, 0.25) is 17.7 Å². The quantitative estimate of drug-likeness (QED) is 0.184. The normalized spacial score (nSPS) is 13.9. The van der Waals surface area contributed by atoms with Crippen molar-refractivity contribution in [1.29, 1.82) is 0 Å². The summed E-state index contributed by atoms with van der Waals surface area (Å²) in [6, 6.07) is 9.50. The SMILES string of the molecule is CC(NC(=O)C(N)Cc1ccccc1)C(=O)NC(CC(=O)O)C(=O)NC(Cc1ccc(O)cc1)C(=O)O. The van der Waals surface area contributed by atoms with Gasteiger partial charge in [-0.05, 0) is 36.6 Å². The largest absolute Gasteiger partial charge is 0.508 e. The number of hydrogen-bond acceptors (Lipinski definition) is 7. The number of nitrogens with one attached hydrogen (secondary N) is 3. The van der Waals surface area contributed by atoms with Crippen LogP contribution in [0.4, 0.5) is 0 Å². The Bertz CT molecular complexity index is 1110. The Morgan fingerprint density at radius 2 is 1.32 bits per heavy atom. The molecule has 3 amide bonds. The molecule has 12 heteroatoms. The van der Waals surface area contributed by atoms with Crippen LogP contribution in [0.25, 0.3) is 0 Å². The van der Waals surface area contributed by atoms with E-state index in [1.165, 1.54) is 31.2 Å². The number of phenolic OH excluding ortho intramolecular Hbond substituents is 1. The number of aromatic hydroxyl groups is 1. The van der Waals surface area contributed by atoms with Crippen LogP contribution in [-0.2, 0) is 36.8 Å². The van der Waals surface area contributed by atoms with E-state index in [9.17, 15) is 39.3 Å². The Hall–Kier alpha value is -4.45. The van der Waals surface area contributed by atoms with E-state index in [1.807, 2.05) is 6.07 Å². The van der Waals surface area contributed by atoms with Gasteiger partial charge in [0.15, 0.2) is 0 Å². The molecule has 0 saturated heterocycles. The summed E-state index contributed by atoms with van der Waals surface area (Å²) in [5, 5.41) is 35.0. The van der Waals surface area contributed by atoms with Gasteiger partial charge in [-0.15, -0.1) is 0 Å². The van der Waals surface area contributed by atoms with Crippen molar-refractivity contribution in [3.8, 4) is 5.75 Å². The minimum Gasteiger partial charge on any atom is -0.508 e. The number of nitrogens with two attached hydrogens (primary N) is 1. The van der Waals surface area contributed by atoms with E-state index >= 15 is 0 Å². The minimum atomic E-state index is -1.61. The van der Waals surface area contributed by atoms with E-state index in [1.54, 1.807) is 24.3 Å². The molecule has 2 aromatic rings. The number of hydrogen-bond donors (Lipinski definition) is 7. The minimum absolute atomic E-state index is 0.0221. The highest BCUT2D eigenvalue weighted by Crippen LogP contribution is 2.12. The lowest BCUT2D eigenvalue weighted by Crippen LogP contribution is -2.57. The lowest BCUT2D eigenvalue weighted by Gasteiger charge is -2.23. The van der Waals surface area contributed by atoms with Crippen LogP contribution in [0.2, 0.25) is 0 Å². The predicted octanol–water partition coefficient (Wildman–Crippen LogP) is -0.462. The average molecular weight is 515 g/mol. The molecule has 0 aromatic heterocycles. The molecule has 12 nitrogen and oxygen atoms in total. The first-order chi connectivity index (χ1) is 17.5. The third-order valence-electron chi connectivity index (χ3n) is 5.39. The first kappa shape index (κ1) is 28.8. The molecule has 0 heterocycles. The van der Waals surface area contributed by atoms with E-state index in [0.29, 0.717) is 5.56 Å². The number of carbonyl (C=O) groups is 5. The molecule has 0 radical (unpaired) electrons. The second-order valence-corrected chi connectivity index (χ2v) is 8.46. The van der Waals surface area contributed by atoms with Crippen molar-refractivity contribution in [2.45, 2.75) is 50.4 Å². The van der Waals surface area contributed by atoms with Crippen LogP contribution in [0.1, 0.15) is 24.5 Å². The molecule has 37 heavy (non-hydrogen) atoms. The highest BCUT2D eigenvalue weighted by atomic mass is 16.4. The zero-order valence-electron chi connectivity index (χ0n) is 20.1. The fourth-order valence-electron chi connectivity index (χ4n) is 3.37. The Morgan fingerprint density at radius 3 is 1.89 bits per heavy atom. The lowest BCUT2D eigenvalue weighted by molar-refractivity contribution is -0.143. The Balaban J connectivity index is 2.00. The topological polar surface area (TPSA) is 208 Å². The van der Waals surface area contributed by atoms with Crippen molar-refractivity contribution in [2.75, 3.05) is 0 Å². The summed E-state index contributed by atoms with van der Waals surface area (Å²) in [5.41, 5.74) is 7.23. The van der Waals surface area contributed by atoms with Gasteiger partial charge in [0.25, 0.3) is 0 Å². The molecule has 2 rings (SSSR count). The first-order valence-electron chi connectivity index (χ1n) is 11.4. The van der Waals surface area contributed by atoms with Gasteiger partial charge in [0.05, 0.1) is 12.5 Å². The number of carboxylic acids is 2. The Kier molecular flexibility index (Phi) is 10.6. The molecular weight excluding hydrogens is 484 g/mol. The second kappa shape index (κ2) is 13.6. The summed E-state index contributed by atoms with van der Waals surface area (Å²) >= 11 is 0. The third kappa shape index (κ3) is 9.61. The van der Waals surface area contributed by atoms with Gasteiger partial charge < -0.3 is 37.0 Å². The molecular formula is C25H30N4O8. The van der Waals surface area contributed by atoms with Crippen LogP contribution in [-0.4, -0.2) is 69.1 Å². The van der Waals surface area contributed by atoms with E-state index in [-0.39, 0.29) is 18.6 Å². The highest BCUT2D eigenvalue weighted by molar-refractivity contribution is 5.95. The number of benzene rings is 2. The summed E-state index contributed by atoms with van der Waals surface area (Å²) in [5.74, 6) is -5.31. The number of carboxylic acid groups (broad SMARTS) is 2. The molecule has 0 bridgehead atoms. The van der Waals surface area contributed by atoms with Crippen LogP contribution >= 0.6 is 0 Å². The van der Waals surface area contributed by atoms with Gasteiger partial charge in [0.1, 0.15) is 23.9 Å². The smallest absolute Gasteiger partial charge is 0.326 e. The molecule has 4 atom stereocenters. The van der Waals surface area contributed by atoms with Gasteiger partial charge in [-0.25, -0.2) is 4.79 Å². The van der Waals surface area contributed by atoms with Crippen LogP contribution in [0, 0.1) is 0 Å². The number of phenols is 1. The van der Waals surface area contributed by atoms with Gasteiger partial charge in [-0.3, -0.25) is 19.2 Å². The molecule has 8 N–H and O–H groups in total. The van der Waals surface area contributed by atoms with Gasteiger partial charge >= 0.3 is 11.9 Å². The van der Waals surface area contributed by atoms with Gasteiger partial charge in [-0.2, -0.15) is 0 Å². The number of carbonyl (C=O) groups excluding carboxylic acids is 3. The molecule has 0 fully saturated rings. The van der Waals surface area contributed by atoms with Crippen molar-refractivity contribution in [3.05, 3.63) is 65.7 Å². The van der Waals surface area contributed by atoms with Crippen LogP contribution in [0.3, 0.4) is 0 Å². The van der Waals surface area contributed by atoms with E-state index in [0.717, 1.165) is 5.56 Å². The predicted molar refractivity (Wildman–Crippen MR) is 131 cm³/mol. The number of rotatable bonds is 13. The summed E-state index contributed by atoms with van der Waals surface area (Å²) in [6.45, 7) is 1.34. The van der Waals surface area contributed by atoms with Crippen molar-refractivity contribution in [2.24, 2.45) is 5.73 Å². The number of amides is 3. The van der Waals surface area contributed by atoms with E-state index in [4.69, 9.17) is 5.73 Å². The zero-order valence-corrected chi connectivity index (χ0v) is 20.1. The Morgan fingerprint density at radius 1 is 0.757 bits per heavy atom. The molecule has 4 unspecified atom stereocenters. The third-order valence-corrected chi connectivity index (χ3v) is 5.39. The maximum absolute atomic E-state index is 12.7. The van der Waals surface area contributed by atoms with Crippen LogP contribution < -0.4 is 21.7 Å². The fraction of sp³-hybridized carbons (Fsp3) is 0.320. The molecule has 0 aliphatic heterocycles. The van der Waals surface area contributed by atoms with Crippen molar-refractivity contribution in [3.63, 3.8) is 0 Å². The molecule has 0 saturated carbocycles. The maximum Gasteiger partial charge on any atom is 0.326 e. The summed E-state index contributed by atoms with van der Waals surface area (Å²) < 4.78 is 0. The van der Waals surface area contributed by atoms with Crippen molar-refractivity contribution >= 4 is 29.7 Å². The standard InChI is InChI=1S/C25H30N4O8/c1-14(27-23(34)18(26)11-15-5-3-2-4-6-15)22(33)28-19(13-21(31)32)24(35)29-20(25(36)37)12-16-7-9-17(30)10-8-16/h2-10,14,18-20,30H,11-13,26H2,1H3,(H,27,34)(H,28,33)(H,29,35)(H,31,32)(H,36,37). The first-order valence-corrected chi connectivity index (χ1v) is 11.4. The monoisotopic (exact) mass is 514 g/mol. The molecule has 0 aliphatic carbocycles. The Labute approximate surface area is 212 Å². The lowest BCUT2D eigenvalue weighted by atomic mass is 10.0. The van der Waals surface area contributed by atoms with Crippen molar-refractivity contribution < 1.29 is 39.3 Å². The summed E-state index contributed by atoms with van der Waals surface area (Å²) in [7, 11) is 0. The molecule has 2 aromatic carbocycles. The number of aliphatic carboxylic acids is 2. The summed E-state index contributed by atoms with van der Waals surface area (Å²) in [6.07, 6.45) is -0.749. The summed E-state index contributed by atoms with van der Waals surface area (Å²) in [4.78, 5) is 60.7. The second-order valence-electron chi connectivity index (χ2n) is 8.46. The van der Waals surface area contributed by atoms with Gasteiger partial charge in [0, 0.05) is 6.42 Å².